The number of hydrogen-bond donors (Lipinski definition) is 0. The average molecular weight is 526 g/mol. The first kappa shape index (κ1) is 28.8. The van der Waals surface area contributed by atoms with E-state index in [4.69, 9.17) is 18.9 Å². The molecule has 2 amide bonds. The van der Waals surface area contributed by atoms with E-state index in [1.54, 1.807) is 64.1 Å². The zero-order chi connectivity index (χ0) is 27.9. The Kier molecular flexibility index (Phi) is 9.63. The van der Waals surface area contributed by atoms with Crippen LogP contribution in [-0.2, 0) is 14.3 Å². The number of benzene rings is 2. The van der Waals surface area contributed by atoms with Crippen LogP contribution in [0.25, 0.3) is 0 Å². The van der Waals surface area contributed by atoms with Crippen LogP contribution in [0.3, 0.4) is 0 Å². The Labute approximate surface area is 223 Å². The molecule has 1 fully saturated rings. The van der Waals surface area contributed by atoms with E-state index in [1.807, 2.05) is 0 Å². The van der Waals surface area contributed by atoms with E-state index in [-0.39, 0.29) is 23.6 Å². The highest BCUT2D eigenvalue weighted by molar-refractivity contribution is 6.21. The number of carbonyl (C=O) groups is 4. The van der Waals surface area contributed by atoms with E-state index < -0.39 is 41.7 Å². The van der Waals surface area contributed by atoms with Crippen LogP contribution >= 0.6 is 0 Å². The van der Waals surface area contributed by atoms with E-state index in [1.165, 1.54) is 13.2 Å². The Morgan fingerprint density at radius 3 is 2.29 bits per heavy atom. The standard InChI is InChI=1S/C29H35NO8/c1-6-36-28(34)30(27(33)29(2,3)4)21-10-9-11-24(38-25-12-7-8-17-37-25)26(21)23(32)18-22(31)19-13-15-20(35-5)16-14-19/h9-11,13-16,25H,6-8,12,17-18H2,1-5H3. The monoisotopic (exact) mass is 525 g/mol. The molecular weight excluding hydrogens is 490 g/mol. The van der Waals surface area contributed by atoms with Gasteiger partial charge in [0.15, 0.2) is 17.9 Å². The predicted octanol–water partition coefficient (Wildman–Crippen LogP) is 5.59. The van der Waals surface area contributed by atoms with Crippen molar-refractivity contribution in [1.82, 2.24) is 0 Å². The second-order valence-electron chi connectivity index (χ2n) is 9.91. The van der Waals surface area contributed by atoms with Gasteiger partial charge in [-0.3, -0.25) is 14.4 Å². The summed E-state index contributed by atoms with van der Waals surface area (Å²) in [6.07, 6.45) is 0.377. The van der Waals surface area contributed by atoms with Crippen LogP contribution in [0.5, 0.6) is 11.5 Å². The van der Waals surface area contributed by atoms with Crippen LogP contribution in [0.2, 0.25) is 0 Å². The lowest BCUT2D eigenvalue weighted by atomic mass is 9.93. The van der Waals surface area contributed by atoms with E-state index in [9.17, 15) is 19.2 Å². The van der Waals surface area contributed by atoms with E-state index in [0.717, 1.165) is 17.7 Å². The van der Waals surface area contributed by atoms with Gasteiger partial charge in [-0.15, -0.1) is 0 Å². The number of hydrogen-bond acceptors (Lipinski definition) is 8. The van der Waals surface area contributed by atoms with E-state index in [2.05, 4.69) is 0 Å². The van der Waals surface area contributed by atoms with Crippen molar-refractivity contribution in [3.8, 4) is 11.5 Å². The third kappa shape index (κ3) is 6.98. The number of ether oxygens (including phenoxy) is 4. The van der Waals surface area contributed by atoms with Crippen LogP contribution < -0.4 is 14.4 Å². The molecule has 9 heteroatoms. The van der Waals surface area contributed by atoms with Crippen molar-refractivity contribution in [2.24, 2.45) is 5.41 Å². The smallest absolute Gasteiger partial charge is 0.421 e. The largest absolute Gasteiger partial charge is 0.497 e. The van der Waals surface area contributed by atoms with Gasteiger partial charge in [-0.05, 0) is 56.2 Å². The molecule has 9 nitrogen and oxygen atoms in total. The lowest BCUT2D eigenvalue weighted by molar-refractivity contribution is -0.125. The summed E-state index contributed by atoms with van der Waals surface area (Å²) in [7, 11) is 1.52. The Hall–Kier alpha value is -3.72. The number of carbonyl (C=O) groups excluding carboxylic acids is 4. The summed E-state index contributed by atoms with van der Waals surface area (Å²) in [6, 6.07) is 11.0. The topological polar surface area (TPSA) is 108 Å². The van der Waals surface area contributed by atoms with Crippen LogP contribution in [-0.4, -0.2) is 50.2 Å². The number of anilines is 1. The van der Waals surface area contributed by atoms with Crippen molar-refractivity contribution in [2.75, 3.05) is 25.2 Å². The molecule has 2 aromatic rings. The maximum Gasteiger partial charge on any atom is 0.421 e. The molecule has 1 aliphatic heterocycles. The minimum atomic E-state index is -0.977. The average Bonchev–Trinajstić information content (AvgIpc) is 2.89. The molecule has 204 valence electrons. The van der Waals surface area contributed by atoms with Gasteiger partial charge in [0.1, 0.15) is 11.5 Å². The normalized spacial score (nSPS) is 15.3. The fourth-order valence-corrected chi connectivity index (χ4v) is 3.96. The quantitative estimate of drug-likeness (QED) is 0.308. The Balaban J connectivity index is 2.07. The van der Waals surface area contributed by atoms with Crippen molar-refractivity contribution in [2.45, 2.75) is 59.7 Å². The van der Waals surface area contributed by atoms with Crippen LogP contribution in [0.1, 0.15) is 74.1 Å². The van der Waals surface area contributed by atoms with Crippen molar-refractivity contribution < 1.29 is 38.1 Å². The molecule has 0 saturated carbocycles. The summed E-state index contributed by atoms with van der Waals surface area (Å²) in [5.41, 5.74) is -0.726. The molecule has 1 aliphatic rings. The second kappa shape index (κ2) is 12.7. The second-order valence-corrected chi connectivity index (χ2v) is 9.91. The SMILES string of the molecule is CCOC(=O)N(C(=O)C(C)(C)C)c1cccc(OC2CCCCO2)c1C(=O)CC(=O)c1ccc(OC)cc1. The fourth-order valence-electron chi connectivity index (χ4n) is 3.96. The molecule has 38 heavy (non-hydrogen) atoms. The van der Waals surface area contributed by atoms with Gasteiger partial charge in [0, 0.05) is 17.4 Å². The van der Waals surface area contributed by atoms with E-state index in [0.29, 0.717) is 24.3 Å². The molecule has 3 rings (SSSR count). The van der Waals surface area contributed by atoms with Gasteiger partial charge < -0.3 is 18.9 Å². The first-order valence-corrected chi connectivity index (χ1v) is 12.7. The molecule has 2 aromatic carbocycles. The van der Waals surface area contributed by atoms with Gasteiger partial charge in [-0.2, -0.15) is 0 Å². The summed E-state index contributed by atoms with van der Waals surface area (Å²) in [5, 5.41) is 0. The predicted molar refractivity (Wildman–Crippen MR) is 141 cm³/mol. The highest BCUT2D eigenvalue weighted by Crippen LogP contribution is 2.35. The lowest BCUT2D eigenvalue weighted by Gasteiger charge is -2.30. The molecule has 0 spiro atoms. The summed E-state index contributed by atoms with van der Waals surface area (Å²) in [4.78, 5) is 54.1. The minimum absolute atomic E-state index is 0.00999. The molecule has 1 atom stereocenters. The molecule has 1 saturated heterocycles. The highest BCUT2D eigenvalue weighted by Gasteiger charge is 2.37. The maximum atomic E-state index is 13.7. The minimum Gasteiger partial charge on any atom is -0.497 e. The van der Waals surface area contributed by atoms with Gasteiger partial charge in [0.2, 0.25) is 5.91 Å². The van der Waals surface area contributed by atoms with Crippen LogP contribution in [0, 0.1) is 5.41 Å². The van der Waals surface area contributed by atoms with Gasteiger partial charge in [-0.1, -0.05) is 26.8 Å². The van der Waals surface area contributed by atoms with Crippen molar-refractivity contribution in [3.63, 3.8) is 0 Å². The van der Waals surface area contributed by atoms with Gasteiger partial charge in [0.25, 0.3) is 0 Å². The summed E-state index contributed by atoms with van der Waals surface area (Å²) >= 11 is 0. The van der Waals surface area contributed by atoms with Crippen LogP contribution in [0.15, 0.2) is 42.5 Å². The first-order chi connectivity index (χ1) is 18.1. The maximum absolute atomic E-state index is 13.7. The highest BCUT2D eigenvalue weighted by atomic mass is 16.7. The van der Waals surface area contributed by atoms with E-state index >= 15 is 0 Å². The first-order valence-electron chi connectivity index (χ1n) is 12.7. The molecule has 0 bridgehead atoms. The van der Waals surface area contributed by atoms with Crippen molar-refractivity contribution in [1.29, 1.82) is 0 Å². The Morgan fingerprint density at radius 1 is 1.00 bits per heavy atom. The number of ketones is 2. The molecule has 0 aliphatic carbocycles. The number of rotatable bonds is 9. The molecule has 0 N–H and O–H groups in total. The summed E-state index contributed by atoms with van der Waals surface area (Å²) in [6.45, 7) is 7.14. The number of methoxy groups -OCH3 is 1. The number of nitrogens with zero attached hydrogens (tertiary/aromatic N) is 1. The summed E-state index contributed by atoms with van der Waals surface area (Å²) in [5.74, 6) is -0.914. The Morgan fingerprint density at radius 2 is 1.71 bits per heavy atom. The van der Waals surface area contributed by atoms with Gasteiger partial charge in [0.05, 0.1) is 38.0 Å². The molecule has 0 aromatic heterocycles. The Bertz CT molecular complexity index is 1160. The van der Waals surface area contributed by atoms with Gasteiger partial charge >= 0.3 is 6.09 Å². The van der Waals surface area contributed by atoms with Crippen molar-refractivity contribution in [3.05, 3.63) is 53.6 Å². The number of imide groups is 1. The zero-order valence-corrected chi connectivity index (χ0v) is 22.6. The molecule has 1 unspecified atom stereocenters. The lowest BCUT2D eigenvalue weighted by Crippen LogP contribution is -2.45. The van der Waals surface area contributed by atoms with Crippen molar-refractivity contribution >= 4 is 29.3 Å². The van der Waals surface area contributed by atoms with Gasteiger partial charge in [-0.25, -0.2) is 9.69 Å². The fraction of sp³-hybridized carbons (Fsp3) is 0.448. The number of Topliss-reactive ketones (excluding diaryl/α,β-unsaturated/α-hetero) is 2. The summed E-state index contributed by atoms with van der Waals surface area (Å²) < 4.78 is 22.1. The third-order valence-electron chi connectivity index (χ3n) is 5.95. The zero-order valence-electron chi connectivity index (χ0n) is 22.6. The number of amides is 2. The van der Waals surface area contributed by atoms with Crippen LogP contribution in [0.4, 0.5) is 10.5 Å². The molecule has 1 heterocycles. The third-order valence-corrected chi connectivity index (χ3v) is 5.95. The molecule has 0 radical (unpaired) electrons. The molecular formula is C29H35NO8.